The number of likely N-dealkylation sites (tertiary alicyclic amines) is 1. The third-order valence-corrected chi connectivity index (χ3v) is 4.95. The molecule has 0 saturated carbocycles. The first kappa shape index (κ1) is 17.8. The Kier molecular flexibility index (Phi) is 5.02. The molecule has 2 amide bonds. The lowest BCUT2D eigenvalue weighted by Crippen LogP contribution is -2.51. The van der Waals surface area contributed by atoms with E-state index in [0.29, 0.717) is 13.2 Å². The standard InChI is InChI=1S/C20H28N2O3/c1-20(2,3)19(24)22-10-6-8-15(12-22)18(23)21-16-11-14-7-4-5-9-17(14)25-13-16/h4-5,7,9,15-16H,6,8,10-13H2,1-3H3,(H,21,23)/t15-,16-/m0/s1. The van der Waals surface area contributed by atoms with Crippen LogP contribution in [0.25, 0.3) is 0 Å². The Morgan fingerprint density at radius 2 is 2.00 bits per heavy atom. The summed E-state index contributed by atoms with van der Waals surface area (Å²) in [6.07, 6.45) is 2.51. The van der Waals surface area contributed by atoms with Crippen LogP contribution in [-0.2, 0) is 16.0 Å². The molecule has 136 valence electrons. The molecule has 2 aliphatic heterocycles. The van der Waals surface area contributed by atoms with Gasteiger partial charge in [0.25, 0.3) is 0 Å². The largest absolute Gasteiger partial charge is 0.491 e. The maximum atomic E-state index is 12.7. The first-order valence-electron chi connectivity index (χ1n) is 9.15. The number of amides is 2. The fraction of sp³-hybridized carbons (Fsp3) is 0.600. The summed E-state index contributed by atoms with van der Waals surface area (Å²) in [5.74, 6) is 0.948. The van der Waals surface area contributed by atoms with Gasteiger partial charge in [-0.2, -0.15) is 0 Å². The van der Waals surface area contributed by atoms with Crippen LogP contribution in [0.15, 0.2) is 24.3 Å². The molecule has 0 bridgehead atoms. The van der Waals surface area contributed by atoms with Crippen LogP contribution in [-0.4, -0.2) is 42.5 Å². The molecule has 1 aromatic rings. The highest BCUT2D eigenvalue weighted by Crippen LogP contribution is 2.26. The minimum Gasteiger partial charge on any atom is -0.491 e. The minimum absolute atomic E-state index is 0.00362. The molecule has 2 atom stereocenters. The second-order valence-electron chi connectivity index (χ2n) is 8.17. The molecule has 5 nitrogen and oxygen atoms in total. The van der Waals surface area contributed by atoms with Crippen molar-refractivity contribution in [2.45, 2.75) is 46.1 Å². The fourth-order valence-electron chi connectivity index (χ4n) is 3.59. The van der Waals surface area contributed by atoms with Gasteiger partial charge in [0.15, 0.2) is 0 Å². The predicted molar refractivity (Wildman–Crippen MR) is 96.3 cm³/mol. The van der Waals surface area contributed by atoms with Crippen molar-refractivity contribution in [2.75, 3.05) is 19.7 Å². The van der Waals surface area contributed by atoms with Crippen LogP contribution in [0.3, 0.4) is 0 Å². The number of nitrogens with one attached hydrogen (secondary N) is 1. The maximum absolute atomic E-state index is 12.7. The highest BCUT2D eigenvalue weighted by Gasteiger charge is 2.34. The number of hydrogen-bond acceptors (Lipinski definition) is 3. The molecule has 2 aliphatic rings. The van der Waals surface area contributed by atoms with Crippen LogP contribution in [0, 0.1) is 11.3 Å². The topological polar surface area (TPSA) is 58.6 Å². The number of carbonyl (C=O) groups is 2. The summed E-state index contributed by atoms with van der Waals surface area (Å²) in [5, 5.41) is 3.13. The molecule has 0 spiro atoms. The Balaban J connectivity index is 1.57. The lowest BCUT2D eigenvalue weighted by Gasteiger charge is -2.36. The summed E-state index contributed by atoms with van der Waals surface area (Å²) in [6, 6.07) is 7.95. The van der Waals surface area contributed by atoms with E-state index in [1.165, 1.54) is 0 Å². The van der Waals surface area contributed by atoms with Gasteiger partial charge in [0.05, 0.1) is 12.0 Å². The lowest BCUT2D eigenvalue weighted by molar-refractivity contribution is -0.143. The van der Waals surface area contributed by atoms with Crippen molar-refractivity contribution in [1.29, 1.82) is 0 Å². The summed E-state index contributed by atoms with van der Waals surface area (Å²) < 4.78 is 5.75. The molecule has 25 heavy (non-hydrogen) atoms. The van der Waals surface area contributed by atoms with Crippen molar-refractivity contribution >= 4 is 11.8 Å². The van der Waals surface area contributed by atoms with Crippen LogP contribution in [0.2, 0.25) is 0 Å². The van der Waals surface area contributed by atoms with Gasteiger partial charge in [-0.05, 0) is 30.9 Å². The Bertz CT molecular complexity index is 651. The number of para-hydroxylation sites is 1. The number of ether oxygens (including phenoxy) is 1. The van der Waals surface area contributed by atoms with Crippen molar-refractivity contribution in [1.82, 2.24) is 10.2 Å². The molecule has 1 fully saturated rings. The van der Waals surface area contributed by atoms with Gasteiger partial charge in [-0.1, -0.05) is 39.0 Å². The Labute approximate surface area is 149 Å². The van der Waals surface area contributed by atoms with Gasteiger partial charge in [0.2, 0.25) is 11.8 Å². The average molecular weight is 344 g/mol. The Morgan fingerprint density at radius 3 is 2.76 bits per heavy atom. The number of rotatable bonds is 2. The molecule has 0 radical (unpaired) electrons. The average Bonchev–Trinajstić information content (AvgIpc) is 2.60. The molecule has 0 aromatic heterocycles. The zero-order chi connectivity index (χ0) is 18.0. The molecular weight excluding hydrogens is 316 g/mol. The summed E-state index contributed by atoms with van der Waals surface area (Å²) in [7, 11) is 0. The van der Waals surface area contributed by atoms with E-state index in [0.717, 1.165) is 37.1 Å². The summed E-state index contributed by atoms with van der Waals surface area (Å²) >= 11 is 0. The van der Waals surface area contributed by atoms with Crippen molar-refractivity contribution in [3.05, 3.63) is 29.8 Å². The van der Waals surface area contributed by atoms with E-state index in [-0.39, 0.29) is 23.8 Å². The number of hydrogen-bond donors (Lipinski definition) is 1. The SMILES string of the molecule is CC(C)(C)C(=O)N1CCC[C@H](C(=O)N[C@@H]2COc3ccccc3C2)C1. The van der Waals surface area contributed by atoms with Gasteiger partial charge in [0, 0.05) is 18.5 Å². The van der Waals surface area contributed by atoms with Crippen LogP contribution in [0.5, 0.6) is 5.75 Å². The summed E-state index contributed by atoms with van der Waals surface area (Å²) in [6.45, 7) is 7.55. The third kappa shape index (κ3) is 4.14. The molecule has 2 heterocycles. The van der Waals surface area contributed by atoms with E-state index in [1.54, 1.807) is 0 Å². The second-order valence-corrected chi connectivity index (χ2v) is 8.17. The molecule has 1 N–H and O–H groups in total. The van der Waals surface area contributed by atoms with Crippen molar-refractivity contribution in [3.8, 4) is 5.75 Å². The zero-order valence-electron chi connectivity index (χ0n) is 15.4. The number of benzene rings is 1. The van der Waals surface area contributed by atoms with E-state index in [1.807, 2.05) is 49.9 Å². The van der Waals surface area contributed by atoms with Gasteiger partial charge in [-0.25, -0.2) is 0 Å². The van der Waals surface area contributed by atoms with Crippen molar-refractivity contribution < 1.29 is 14.3 Å². The van der Waals surface area contributed by atoms with E-state index in [9.17, 15) is 9.59 Å². The quantitative estimate of drug-likeness (QED) is 0.896. The Morgan fingerprint density at radius 1 is 1.24 bits per heavy atom. The first-order chi connectivity index (χ1) is 11.8. The maximum Gasteiger partial charge on any atom is 0.227 e. The third-order valence-electron chi connectivity index (χ3n) is 4.95. The summed E-state index contributed by atoms with van der Waals surface area (Å²) in [4.78, 5) is 27.0. The molecule has 1 aromatic carbocycles. The van der Waals surface area contributed by atoms with Gasteiger partial charge in [-0.15, -0.1) is 0 Å². The number of fused-ring (bicyclic) bond motifs is 1. The van der Waals surface area contributed by atoms with E-state index in [4.69, 9.17) is 4.74 Å². The molecular formula is C20H28N2O3. The smallest absolute Gasteiger partial charge is 0.227 e. The molecule has 1 saturated heterocycles. The van der Waals surface area contributed by atoms with Crippen LogP contribution < -0.4 is 10.1 Å². The number of nitrogens with zero attached hydrogens (tertiary/aromatic N) is 1. The molecule has 5 heteroatoms. The number of carbonyl (C=O) groups excluding carboxylic acids is 2. The molecule has 3 rings (SSSR count). The summed E-state index contributed by atoms with van der Waals surface area (Å²) in [5.41, 5.74) is 0.728. The molecule has 0 aliphatic carbocycles. The van der Waals surface area contributed by atoms with Crippen molar-refractivity contribution in [2.24, 2.45) is 11.3 Å². The van der Waals surface area contributed by atoms with E-state index >= 15 is 0 Å². The van der Waals surface area contributed by atoms with Crippen LogP contribution >= 0.6 is 0 Å². The normalized spacial score (nSPS) is 23.4. The lowest BCUT2D eigenvalue weighted by atomic mass is 9.90. The molecule has 0 unspecified atom stereocenters. The fourth-order valence-corrected chi connectivity index (χ4v) is 3.59. The highest BCUT2D eigenvalue weighted by atomic mass is 16.5. The van der Waals surface area contributed by atoms with Gasteiger partial charge in [-0.3, -0.25) is 9.59 Å². The first-order valence-corrected chi connectivity index (χ1v) is 9.15. The van der Waals surface area contributed by atoms with Crippen LogP contribution in [0.1, 0.15) is 39.2 Å². The zero-order valence-corrected chi connectivity index (χ0v) is 15.4. The van der Waals surface area contributed by atoms with Gasteiger partial charge in [0.1, 0.15) is 12.4 Å². The van der Waals surface area contributed by atoms with E-state index in [2.05, 4.69) is 5.32 Å². The Hall–Kier alpha value is -2.04. The van der Waals surface area contributed by atoms with Gasteiger partial charge >= 0.3 is 0 Å². The second kappa shape index (κ2) is 7.06. The number of piperidine rings is 1. The highest BCUT2D eigenvalue weighted by molar-refractivity contribution is 5.84. The predicted octanol–water partition coefficient (Wildman–Crippen LogP) is 2.39. The minimum atomic E-state index is -0.403. The van der Waals surface area contributed by atoms with Gasteiger partial charge < -0.3 is 15.0 Å². The van der Waals surface area contributed by atoms with Crippen LogP contribution in [0.4, 0.5) is 0 Å². The monoisotopic (exact) mass is 344 g/mol. The van der Waals surface area contributed by atoms with E-state index < -0.39 is 5.41 Å². The van der Waals surface area contributed by atoms with Crippen molar-refractivity contribution in [3.63, 3.8) is 0 Å².